The lowest BCUT2D eigenvalue weighted by molar-refractivity contribution is 0.640. The van der Waals surface area contributed by atoms with Crippen LogP contribution in [0.4, 0.5) is 5.13 Å². The molecule has 0 saturated heterocycles. The van der Waals surface area contributed by atoms with Crippen LogP contribution < -0.4 is 5.32 Å². The molecule has 19 heavy (non-hydrogen) atoms. The summed E-state index contributed by atoms with van der Waals surface area (Å²) in [6.07, 6.45) is 0.951. The molecule has 1 N–H and O–H groups in total. The van der Waals surface area contributed by atoms with Gasteiger partial charge in [-0.1, -0.05) is 54.5 Å². The number of nitrogens with one attached hydrogen (secondary N) is 1. The van der Waals surface area contributed by atoms with Crippen molar-refractivity contribution in [3.05, 3.63) is 38.8 Å². The van der Waals surface area contributed by atoms with Gasteiger partial charge in [0.15, 0.2) is 0 Å². The lowest BCUT2D eigenvalue weighted by Gasteiger charge is -2.06. The van der Waals surface area contributed by atoms with Gasteiger partial charge >= 0.3 is 0 Å². The summed E-state index contributed by atoms with van der Waals surface area (Å²) in [5.41, 5.74) is 0.881. The number of halogens is 2. The fourth-order valence-electron chi connectivity index (χ4n) is 1.62. The highest BCUT2D eigenvalue weighted by Crippen LogP contribution is 2.26. The lowest BCUT2D eigenvalue weighted by atomic mass is 10.1. The minimum atomic E-state index is 0.550. The maximum absolute atomic E-state index is 6.11. The van der Waals surface area contributed by atoms with Crippen LogP contribution in [-0.4, -0.2) is 10.2 Å². The van der Waals surface area contributed by atoms with E-state index in [1.807, 2.05) is 18.2 Å². The minimum Gasteiger partial charge on any atom is -0.356 e. The normalized spacial score (nSPS) is 11.0. The van der Waals surface area contributed by atoms with Crippen molar-refractivity contribution in [3.8, 4) is 0 Å². The van der Waals surface area contributed by atoms with Crippen molar-refractivity contribution in [2.24, 2.45) is 5.92 Å². The van der Waals surface area contributed by atoms with E-state index in [-0.39, 0.29) is 0 Å². The molecular formula is C13H15Cl2N3S. The zero-order chi connectivity index (χ0) is 13.8. The average molecular weight is 316 g/mol. The molecule has 0 bridgehead atoms. The Bertz CT molecular complexity index is 534. The third-order valence-corrected chi connectivity index (χ3v) is 4.14. The summed E-state index contributed by atoms with van der Waals surface area (Å²) in [7, 11) is 0. The third kappa shape index (κ3) is 4.06. The second-order valence-corrected chi connectivity index (χ2v) is 6.53. The summed E-state index contributed by atoms with van der Waals surface area (Å²) < 4.78 is 0. The summed E-state index contributed by atoms with van der Waals surface area (Å²) >= 11 is 13.8. The highest BCUT2D eigenvalue weighted by molar-refractivity contribution is 7.15. The Morgan fingerprint density at radius 3 is 2.53 bits per heavy atom. The molecule has 0 saturated carbocycles. The number of hydrogen-bond donors (Lipinski definition) is 1. The van der Waals surface area contributed by atoms with Gasteiger partial charge in [-0.2, -0.15) is 0 Å². The van der Waals surface area contributed by atoms with Gasteiger partial charge in [0, 0.05) is 28.6 Å². The Morgan fingerprint density at radius 2 is 1.89 bits per heavy atom. The van der Waals surface area contributed by atoms with E-state index in [9.17, 15) is 0 Å². The number of aromatic nitrogens is 2. The fourth-order valence-corrected chi connectivity index (χ4v) is 3.10. The molecule has 1 aromatic heterocycles. The van der Waals surface area contributed by atoms with E-state index in [4.69, 9.17) is 23.2 Å². The summed E-state index contributed by atoms with van der Waals surface area (Å²) in [4.78, 5) is 0. The Balaban J connectivity index is 2.01. The maximum atomic E-state index is 6.11. The Labute approximate surface area is 127 Å². The zero-order valence-corrected chi connectivity index (χ0v) is 13.1. The van der Waals surface area contributed by atoms with Crippen molar-refractivity contribution in [2.75, 3.05) is 5.32 Å². The molecule has 2 aromatic rings. The molecule has 0 amide bonds. The van der Waals surface area contributed by atoms with E-state index in [1.54, 1.807) is 11.3 Å². The van der Waals surface area contributed by atoms with Crippen LogP contribution >= 0.6 is 34.5 Å². The first kappa shape index (κ1) is 14.6. The van der Waals surface area contributed by atoms with E-state index in [1.165, 1.54) is 0 Å². The predicted molar refractivity (Wildman–Crippen MR) is 82.2 cm³/mol. The molecule has 3 nitrogen and oxygen atoms in total. The number of benzene rings is 1. The fraction of sp³-hybridized carbons (Fsp3) is 0.385. The summed E-state index contributed by atoms with van der Waals surface area (Å²) in [6, 6.07) is 5.49. The number of nitrogens with zero attached hydrogens (tertiary/aromatic N) is 2. The van der Waals surface area contributed by atoms with Crippen molar-refractivity contribution in [1.29, 1.82) is 0 Å². The Kier molecular flexibility index (Phi) is 5.02. The topological polar surface area (TPSA) is 37.8 Å². The third-order valence-electron chi connectivity index (χ3n) is 2.53. The standard InChI is InChI=1S/C13H15Cl2N3S/c1-8(2)6-12-17-18-13(19-12)16-7-9-10(14)4-3-5-11(9)15/h3-5,8H,6-7H2,1-2H3,(H,16,18). The van der Waals surface area contributed by atoms with Gasteiger partial charge in [0.05, 0.1) is 0 Å². The highest BCUT2D eigenvalue weighted by atomic mass is 35.5. The van der Waals surface area contributed by atoms with Gasteiger partial charge in [0.2, 0.25) is 5.13 Å². The maximum Gasteiger partial charge on any atom is 0.205 e. The van der Waals surface area contributed by atoms with Gasteiger partial charge in [0.25, 0.3) is 0 Å². The molecule has 102 valence electrons. The molecule has 0 unspecified atom stereocenters. The monoisotopic (exact) mass is 315 g/mol. The molecule has 0 aliphatic rings. The van der Waals surface area contributed by atoms with Crippen LogP contribution in [0.2, 0.25) is 10.0 Å². The molecule has 0 spiro atoms. The van der Waals surface area contributed by atoms with Gasteiger partial charge in [-0.3, -0.25) is 0 Å². The van der Waals surface area contributed by atoms with Gasteiger partial charge in [-0.15, -0.1) is 10.2 Å². The molecular weight excluding hydrogens is 301 g/mol. The highest BCUT2D eigenvalue weighted by Gasteiger charge is 2.08. The second-order valence-electron chi connectivity index (χ2n) is 4.65. The predicted octanol–water partition coefficient (Wildman–Crippen LogP) is 4.66. The van der Waals surface area contributed by atoms with Gasteiger partial charge in [-0.05, 0) is 18.1 Å². The zero-order valence-electron chi connectivity index (χ0n) is 10.8. The van der Waals surface area contributed by atoms with Crippen LogP contribution in [0, 0.1) is 5.92 Å². The Morgan fingerprint density at radius 1 is 1.21 bits per heavy atom. The van der Waals surface area contributed by atoms with Crippen LogP contribution in [0.3, 0.4) is 0 Å². The largest absolute Gasteiger partial charge is 0.356 e. The number of rotatable bonds is 5. The first-order chi connectivity index (χ1) is 9.06. The quantitative estimate of drug-likeness (QED) is 0.872. The van der Waals surface area contributed by atoms with E-state index in [0.717, 1.165) is 22.1 Å². The van der Waals surface area contributed by atoms with Crippen molar-refractivity contribution in [3.63, 3.8) is 0 Å². The molecule has 6 heteroatoms. The van der Waals surface area contributed by atoms with Crippen LogP contribution in [0.1, 0.15) is 24.4 Å². The Hall–Kier alpha value is -0.840. The SMILES string of the molecule is CC(C)Cc1nnc(NCc2c(Cl)cccc2Cl)s1. The molecule has 0 aliphatic heterocycles. The van der Waals surface area contributed by atoms with E-state index < -0.39 is 0 Å². The molecule has 0 aliphatic carbocycles. The average Bonchev–Trinajstić information content (AvgIpc) is 2.75. The van der Waals surface area contributed by atoms with Crippen LogP contribution in [0.5, 0.6) is 0 Å². The van der Waals surface area contributed by atoms with Crippen molar-refractivity contribution < 1.29 is 0 Å². The van der Waals surface area contributed by atoms with Crippen LogP contribution in [0.15, 0.2) is 18.2 Å². The first-order valence-electron chi connectivity index (χ1n) is 6.05. The summed E-state index contributed by atoms with van der Waals surface area (Å²) in [5.74, 6) is 0.582. The smallest absolute Gasteiger partial charge is 0.205 e. The van der Waals surface area contributed by atoms with E-state index in [0.29, 0.717) is 22.5 Å². The van der Waals surface area contributed by atoms with Crippen molar-refractivity contribution in [1.82, 2.24) is 10.2 Å². The van der Waals surface area contributed by atoms with Crippen molar-refractivity contribution >= 4 is 39.7 Å². The van der Waals surface area contributed by atoms with Gasteiger partial charge < -0.3 is 5.32 Å². The molecule has 0 atom stereocenters. The minimum absolute atomic E-state index is 0.550. The summed E-state index contributed by atoms with van der Waals surface area (Å²) in [5, 5.41) is 14.6. The second kappa shape index (κ2) is 6.55. The number of hydrogen-bond acceptors (Lipinski definition) is 4. The first-order valence-corrected chi connectivity index (χ1v) is 7.62. The molecule has 1 heterocycles. The van der Waals surface area contributed by atoms with E-state index in [2.05, 4.69) is 29.4 Å². The molecule has 0 radical (unpaired) electrons. The van der Waals surface area contributed by atoms with E-state index >= 15 is 0 Å². The van der Waals surface area contributed by atoms with Crippen LogP contribution in [0.25, 0.3) is 0 Å². The molecule has 1 aromatic carbocycles. The van der Waals surface area contributed by atoms with Crippen LogP contribution in [-0.2, 0) is 13.0 Å². The van der Waals surface area contributed by atoms with Crippen molar-refractivity contribution in [2.45, 2.75) is 26.8 Å². The van der Waals surface area contributed by atoms with Gasteiger partial charge in [0.1, 0.15) is 5.01 Å². The summed E-state index contributed by atoms with van der Waals surface area (Å²) in [6.45, 7) is 4.88. The lowest BCUT2D eigenvalue weighted by Crippen LogP contribution is -2.00. The number of anilines is 1. The molecule has 0 fully saturated rings. The van der Waals surface area contributed by atoms with Gasteiger partial charge in [-0.25, -0.2) is 0 Å². The molecule has 2 rings (SSSR count).